The van der Waals surface area contributed by atoms with Gasteiger partial charge in [0.2, 0.25) is 0 Å². The van der Waals surface area contributed by atoms with E-state index >= 15 is 0 Å². The fraction of sp³-hybridized carbons (Fsp3) is 0.417. The van der Waals surface area contributed by atoms with Crippen molar-refractivity contribution >= 4 is 5.91 Å². The van der Waals surface area contributed by atoms with E-state index in [-0.39, 0.29) is 17.4 Å². The van der Waals surface area contributed by atoms with E-state index in [0.29, 0.717) is 12.5 Å². The zero-order valence-electron chi connectivity index (χ0n) is 9.39. The van der Waals surface area contributed by atoms with Crippen molar-refractivity contribution in [3.63, 3.8) is 0 Å². The number of para-hydroxylation sites is 1. The lowest BCUT2D eigenvalue weighted by atomic mass is 10.1. The first-order valence-electron chi connectivity index (χ1n) is 5.65. The topological polar surface area (TPSA) is 95.6 Å². The molecule has 0 bridgehead atoms. The van der Waals surface area contributed by atoms with Crippen molar-refractivity contribution in [1.29, 1.82) is 0 Å². The Labute approximate surface area is 99.3 Å². The summed E-state index contributed by atoms with van der Waals surface area (Å²) in [5.41, 5.74) is 5.65. The first kappa shape index (κ1) is 11.7. The van der Waals surface area contributed by atoms with Gasteiger partial charge in [-0.3, -0.25) is 4.79 Å². The first-order chi connectivity index (χ1) is 8.13. The second-order valence-corrected chi connectivity index (χ2v) is 4.33. The summed E-state index contributed by atoms with van der Waals surface area (Å²) in [6, 6.07) is 4.25. The Morgan fingerprint density at radius 3 is 2.76 bits per heavy atom. The van der Waals surface area contributed by atoms with Gasteiger partial charge in [-0.25, -0.2) is 0 Å². The molecule has 0 aromatic heterocycles. The van der Waals surface area contributed by atoms with Crippen LogP contribution < -0.4 is 11.1 Å². The van der Waals surface area contributed by atoms with Crippen LogP contribution in [0.1, 0.15) is 23.2 Å². The normalized spacial score (nSPS) is 16.5. The predicted molar refractivity (Wildman–Crippen MR) is 62.8 cm³/mol. The Morgan fingerprint density at radius 2 is 2.18 bits per heavy atom. The fourth-order valence-electron chi connectivity index (χ4n) is 1.83. The first-order valence-corrected chi connectivity index (χ1v) is 5.65. The number of nitrogens with two attached hydrogens (primary N) is 1. The smallest absolute Gasteiger partial charge is 0.255 e. The molecule has 1 aromatic rings. The summed E-state index contributed by atoms with van der Waals surface area (Å²) in [4.78, 5) is 11.9. The van der Waals surface area contributed by atoms with E-state index in [1.165, 1.54) is 18.2 Å². The van der Waals surface area contributed by atoms with E-state index in [1.54, 1.807) is 0 Å². The van der Waals surface area contributed by atoms with Crippen LogP contribution in [0.5, 0.6) is 11.5 Å². The van der Waals surface area contributed by atoms with Gasteiger partial charge in [-0.2, -0.15) is 0 Å². The molecule has 1 aliphatic carbocycles. The number of amides is 1. The lowest BCUT2D eigenvalue weighted by Crippen LogP contribution is -2.41. The summed E-state index contributed by atoms with van der Waals surface area (Å²) in [6.07, 6.45) is 2.16. The minimum Gasteiger partial charge on any atom is -0.504 e. The molecule has 1 aliphatic rings. The van der Waals surface area contributed by atoms with Gasteiger partial charge in [0.25, 0.3) is 5.91 Å². The van der Waals surface area contributed by atoms with Crippen molar-refractivity contribution in [3.8, 4) is 11.5 Å². The van der Waals surface area contributed by atoms with Crippen molar-refractivity contribution in [2.45, 2.75) is 18.9 Å². The molecule has 0 heterocycles. The summed E-state index contributed by atoms with van der Waals surface area (Å²) >= 11 is 0. The van der Waals surface area contributed by atoms with Crippen molar-refractivity contribution in [2.75, 3.05) is 6.54 Å². The third-order valence-electron chi connectivity index (χ3n) is 3.02. The molecule has 1 atom stereocenters. The lowest BCUT2D eigenvalue weighted by Gasteiger charge is -2.16. The quantitative estimate of drug-likeness (QED) is 0.574. The zero-order valence-corrected chi connectivity index (χ0v) is 9.39. The Morgan fingerprint density at radius 1 is 1.47 bits per heavy atom. The Kier molecular flexibility index (Phi) is 3.19. The molecule has 0 saturated heterocycles. The van der Waals surface area contributed by atoms with Gasteiger partial charge in [0.15, 0.2) is 11.5 Å². The average molecular weight is 236 g/mol. The van der Waals surface area contributed by atoms with Crippen molar-refractivity contribution in [3.05, 3.63) is 23.8 Å². The van der Waals surface area contributed by atoms with Gasteiger partial charge in [0, 0.05) is 12.6 Å². The number of phenolic OH excluding ortho intramolecular Hbond substituents is 2. The van der Waals surface area contributed by atoms with Gasteiger partial charge in [-0.15, -0.1) is 0 Å². The van der Waals surface area contributed by atoms with Crippen LogP contribution >= 0.6 is 0 Å². The number of carbonyl (C=O) groups excluding carboxylic acids is 1. The van der Waals surface area contributed by atoms with Crippen LogP contribution in [0.15, 0.2) is 18.2 Å². The molecular weight excluding hydrogens is 220 g/mol. The molecule has 1 unspecified atom stereocenters. The standard InChI is InChI=1S/C12H16N2O3/c13-6-9(7-4-5-7)14-12(17)8-2-1-3-10(15)11(8)16/h1-3,7,9,15-16H,4-6,13H2,(H,14,17). The predicted octanol–water partition coefficient (Wildman–Crippen LogP) is 0.565. The van der Waals surface area contributed by atoms with Gasteiger partial charge in [-0.05, 0) is 30.9 Å². The zero-order chi connectivity index (χ0) is 12.4. The van der Waals surface area contributed by atoms with Gasteiger partial charge in [0.1, 0.15) is 0 Å². The lowest BCUT2D eigenvalue weighted by molar-refractivity contribution is 0.0930. The van der Waals surface area contributed by atoms with Crippen LogP contribution in [0.3, 0.4) is 0 Å². The van der Waals surface area contributed by atoms with E-state index in [0.717, 1.165) is 12.8 Å². The molecule has 92 valence electrons. The molecule has 5 nitrogen and oxygen atoms in total. The van der Waals surface area contributed by atoms with Gasteiger partial charge in [0.05, 0.1) is 5.56 Å². The number of hydrogen-bond acceptors (Lipinski definition) is 4. The van der Waals surface area contributed by atoms with Crippen LogP contribution in [0.2, 0.25) is 0 Å². The molecule has 1 aromatic carbocycles. The number of benzene rings is 1. The molecule has 0 radical (unpaired) electrons. The number of phenols is 2. The highest BCUT2D eigenvalue weighted by Crippen LogP contribution is 2.33. The molecule has 0 aliphatic heterocycles. The van der Waals surface area contributed by atoms with Crippen LogP contribution in [0.25, 0.3) is 0 Å². The highest BCUT2D eigenvalue weighted by Gasteiger charge is 2.31. The number of hydrogen-bond donors (Lipinski definition) is 4. The molecule has 5 N–H and O–H groups in total. The Balaban J connectivity index is 2.11. The van der Waals surface area contributed by atoms with Crippen LogP contribution in [0, 0.1) is 5.92 Å². The van der Waals surface area contributed by atoms with Crippen molar-refractivity contribution < 1.29 is 15.0 Å². The second-order valence-electron chi connectivity index (χ2n) is 4.33. The summed E-state index contributed by atoms with van der Waals surface area (Å²) in [5.74, 6) is -0.644. The van der Waals surface area contributed by atoms with Gasteiger partial charge < -0.3 is 21.3 Å². The third kappa shape index (κ3) is 2.50. The number of rotatable bonds is 4. The van der Waals surface area contributed by atoms with Crippen LogP contribution in [-0.2, 0) is 0 Å². The fourth-order valence-corrected chi connectivity index (χ4v) is 1.83. The Bertz CT molecular complexity index is 430. The van der Waals surface area contributed by atoms with Crippen molar-refractivity contribution in [1.82, 2.24) is 5.32 Å². The number of carbonyl (C=O) groups is 1. The van der Waals surface area contributed by atoms with Crippen LogP contribution in [0.4, 0.5) is 0 Å². The molecule has 2 rings (SSSR count). The minimum absolute atomic E-state index is 0.0516. The van der Waals surface area contributed by atoms with E-state index in [2.05, 4.69) is 5.32 Å². The molecule has 1 amide bonds. The van der Waals surface area contributed by atoms with Crippen molar-refractivity contribution in [2.24, 2.45) is 11.7 Å². The van der Waals surface area contributed by atoms with Crippen LogP contribution in [-0.4, -0.2) is 28.7 Å². The SMILES string of the molecule is NCC(NC(=O)c1cccc(O)c1O)C1CC1. The Hall–Kier alpha value is -1.75. The average Bonchev–Trinajstić information content (AvgIpc) is 3.13. The summed E-state index contributed by atoms with van der Waals surface area (Å²) < 4.78 is 0. The maximum atomic E-state index is 11.9. The molecule has 5 heteroatoms. The van der Waals surface area contributed by atoms with Gasteiger partial charge in [-0.1, -0.05) is 6.07 Å². The summed E-state index contributed by atoms with van der Waals surface area (Å²) in [6.45, 7) is 0.385. The monoisotopic (exact) mass is 236 g/mol. The molecule has 17 heavy (non-hydrogen) atoms. The molecule has 1 saturated carbocycles. The van der Waals surface area contributed by atoms with E-state index in [9.17, 15) is 15.0 Å². The minimum atomic E-state index is -0.402. The highest BCUT2D eigenvalue weighted by molar-refractivity contribution is 5.97. The summed E-state index contributed by atoms with van der Waals surface area (Å²) in [7, 11) is 0. The molecule has 1 fully saturated rings. The largest absolute Gasteiger partial charge is 0.504 e. The molecular formula is C12H16N2O3. The third-order valence-corrected chi connectivity index (χ3v) is 3.02. The highest BCUT2D eigenvalue weighted by atomic mass is 16.3. The molecule has 0 spiro atoms. The maximum Gasteiger partial charge on any atom is 0.255 e. The van der Waals surface area contributed by atoms with E-state index in [4.69, 9.17) is 5.73 Å². The second kappa shape index (κ2) is 4.63. The van der Waals surface area contributed by atoms with E-state index < -0.39 is 11.7 Å². The number of nitrogens with one attached hydrogen (secondary N) is 1. The van der Waals surface area contributed by atoms with E-state index in [1.807, 2.05) is 0 Å². The van der Waals surface area contributed by atoms with Gasteiger partial charge >= 0.3 is 0 Å². The summed E-state index contributed by atoms with van der Waals surface area (Å²) in [5, 5.41) is 21.7. The number of aromatic hydroxyl groups is 2. The maximum absolute atomic E-state index is 11.9.